The Hall–Kier alpha value is -2.18. The highest BCUT2D eigenvalue weighted by molar-refractivity contribution is 8.03. The molecule has 4 aliphatic heterocycles. The zero-order valence-electron chi connectivity index (χ0n) is 17.9. The van der Waals surface area contributed by atoms with Crippen LogP contribution in [0.2, 0.25) is 5.02 Å². The minimum absolute atomic E-state index is 0.252. The fourth-order valence-electron chi connectivity index (χ4n) is 4.74. The van der Waals surface area contributed by atoms with Gasteiger partial charge in [-0.05, 0) is 61.5 Å². The van der Waals surface area contributed by atoms with Crippen LogP contribution in [-0.4, -0.2) is 34.4 Å². The van der Waals surface area contributed by atoms with Crippen molar-refractivity contribution in [3.63, 3.8) is 0 Å². The number of allylic oxidation sites excluding steroid dienone is 5. The number of thioether (sulfide) groups is 1. The van der Waals surface area contributed by atoms with E-state index in [1.165, 1.54) is 30.8 Å². The second-order valence-corrected chi connectivity index (χ2v) is 10.2. The van der Waals surface area contributed by atoms with Gasteiger partial charge < -0.3 is 4.90 Å². The molecule has 166 valence electrons. The van der Waals surface area contributed by atoms with Gasteiger partial charge in [-0.3, -0.25) is 4.99 Å². The molecule has 2 unspecified atom stereocenters. The van der Waals surface area contributed by atoms with Gasteiger partial charge in [0.2, 0.25) is 0 Å². The number of halogens is 3. The van der Waals surface area contributed by atoms with E-state index < -0.39 is 6.17 Å². The van der Waals surface area contributed by atoms with Crippen LogP contribution >= 0.6 is 23.4 Å². The molecule has 0 spiro atoms. The quantitative estimate of drug-likeness (QED) is 0.483. The van der Waals surface area contributed by atoms with Crippen molar-refractivity contribution in [1.82, 2.24) is 4.90 Å². The van der Waals surface area contributed by atoms with Gasteiger partial charge in [0.25, 0.3) is 0 Å². The van der Waals surface area contributed by atoms with Gasteiger partial charge in [-0.15, -0.1) is 11.8 Å². The van der Waals surface area contributed by atoms with E-state index in [4.69, 9.17) is 21.6 Å². The van der Waals surface area contributed by atoms with Crippen LogP contribution in [0.25, 0.3) is 0 Å². The minimum atomic E-state index is -1.08. The van der Waals surface area contributed by atoms with E-state index in [1.807, 2.05) is 12.2 Å². The Morgan fingerprint density at radius 2 is 2.16 bits per heavy atom. The van der Waals surface area contributed by atoms with E-state index in [9.17, 15) is 8.78 Å². The summed E-state index contributed by atoms with van der Waals surface area (Å²) in [6.07, 6.45) is 8.19. The molecule has 3 nitrogen and oxygen atoms in total. The molecule has 32 heavy (non-hydrogen) atoms. The Labute approximate surface area is 196 Å². The van der Waals surface area contributed by atoms with Crippen molar-refractivity contribution in [3.05, 3.63) is 81.3 Å². The summed E-state index contributed by atoms with van der Waals surface area (Å²) in [7, 11) is 0. The number of nitrogens with zero attached hydrogens (tertiary/aromatic N) is 3. The molecule has 0 N–H and O–H groups in total. The number of alkyl halides is 1. The number of hydrogen-bond donors (Lipinski definition) is 0. The van der Waals surface area contributed by atoms with Crippen molar-refractivity contribution in [2.75, 3.05) is 6.54 Å². The van der Waals surface area contributed by atoms with E-state index in [-0.39, 0.29) is 17.1 Å². The second kappa shape index (κ2) is 8.64. The maximum atomic E-state index is 13.8. The summed E-state index contributed by atoms with van der Waals surface area (Å²) in [6, 6.07) is 4.10. The van der Waals surface area contributed by atoms with Crippen LogP contribution in [0.3, 0.4) is 0 Å². The fraction of sp³-hybridized carbons (Fsp3) is 0.360. The Balaban J connectivity index is 1.67. The Kier molecular flexibility index (Phi) is 5.84. The molecule has 0 bridgehead atoms. The van der Waals surface area contributed by atoms with Crippen LogP contribution in [-0.2, 0) is 0 Å². The number of rotatable bonds is 4. The van der Waals surface area contributed by atoms with Gasteiger partial charge in [-0.2, -0.15) is 0 Å². The highest BCUT2D eigenvalue weighted by atomic mass is 35.5. The molecular weight excluding hydrogens is 448 g/mol. The van der Waals surface area contributed by atoms with Gasteiger partial charge >= 0.3 is 0 Å². The highest BCUT2D eigenvalue weighted by Gasteiger charge is 2.41. The predicted octanol–water partition coefficient (Wildman–Crippen LogP) is 6.80. The maximum Gasteiger partial charge on any atom is 0.124 e. The third-order valence-electron chi connectivity index (χ3n) is 6.06. The molecule has 4 aliphatic rings. The van der Waals surface area contributed by atoms with Crippen molar-refractivity contribution >= 4 is 34.9 Å². The summed E-state index contributed by atoms with van der Waals surface area (Å²) in [5.74, 6) is 1.14. The lowest BCUT2D eigenvalue weighted by molar-refractivity contribution is 0.429. The molecule has 0 aliphatic carbocycles. The lowest BCUT2D eigenvalue weighted by Crippen LogP contribution is -2.39. The summed E-state index contributed by atoms with van der Waals surface area (Å²) in [4.78, 5) is 12.3. The summed E-state index contributed by atoms with van der Waals surface area (Å²) >= 11 is 8.31. The number of aliphatic imine (C=N–C) groups is 2. The van der Waals surface area contributed by atoms with Gasteiger partial charge in [-0.1, -0.05) is 30.7 Å². The fourth-order valence-corrected chi connectivity index (χ4v) is 5.95. The lowest BCUT2D eigenvalue weighted by atomic mass is 9.90. The van der Waals surface area contributed by atoms with Crippen molar-refractivity contribution in [1.29, 1.82) is 0 Å². The monoisotopic (exact) mass is 471 g/mol. The molecule has 0 aromatic heterocycles. The van der Waals surface area contributed by atoms with Gasteiger partial charge in [0, 0.05) is 28.4 Å². The van der Waals surface area contributed by atoms with Gasteiger partial charge in [0.05, 0.1) is 16.7 Å². The number of fused-ring (bicyclic) bond motifs is 1. The molecule has 5 rings (SSSR count). The van der Waals surface area contributed by atoms with Crippen LogP contribution in [0.1, 0.15) is 38.3 Å². The summed E-state index contributed by atoms with van der Waals surface area (Å²) < 4.78 is 27.4. The third kappa shape index (κ3) is 3.99. The molecule has 4 heterocycles. The average Bonchev–Trinajstić information content (AvgIpc) is 3.47. The normalized spacial score (nSPS) is 29.1. The molecule has 0 radical (unpaired) electrons. The third-order valence-corrected chi connectivity index (χ3v) is 7.47. The highest BCUT2D eigenvalue weighted by Crippen LogP contribution is 2.45. The molecule has 1 aromatic carbocycles. The maximum absolute atomic E-state index is 13.8. The van der Waals surface area contributed by atoms with Crippen molar-refractivity contribution in [3.8, 4) is 0 Å². The van der Waals surface area contributed by atoms with Crippen molar-refractivity contribution < 1.29 is 8.78 Å². The zero-order valence-corrected chi connectivity index (χ0v) is 19.5. The van der Waals surface area contributed by atoms with Crippen LogP contribution in [0.5, 0.6) is 0 Å². The van der Waals surface area contributed by atoms with Gasteiger partial charge in [0.15, 0.2) is 0 Å². The number of amidine groups is 1. The van der Waals surface area contributed by atoms with Gasteiger partial charge in [0.1, 0.15) is 23.9 Å². The smallest absolute Gasteiger partial charge is 0.124 e. The van der Waals surface area contributed by atoms with Gasteiger partial charge in [-0.25, -0.2) is 13.8 Å². The number of hydrogen-bond acceptors (Lipinski definition) is 4. The van der Waals surface area contributed by atoms with E-state index in [0.717, 1.165) is 42.1 Å². The predicted molar refractivity (Wildman–Crippen MR) is 129 cm³/mol. The molecule has 1 saturated heterocycles. The summed E-state index contributed by atoms with van der Waals surface area (Å²) in [5, 5.41) is 2.73. The Bertz CT molecular complexity index is 1120. The van der Waals surface area contributed by atoms with Crippen LogP contribution < -0.4 is 0 Å². The zero-order chi connectivity index (χ0) is 22.4. The van der Waals surface area contributed by atoms with E-state index in [1.54, 1.807) is 17.8 Å². The molecule has 7 heteroatoms. The van der Waals surface area contributed by atoms with Crippen LogP contribution in [0, 0.1) is 11.7 Å². The topological polar surface area (TPSA) is 28.0 Å². The van der Waals surface area contributed by atoms with Crippen molar-refractivity contribution in [2.24, 2.45) is 15.9 Å². The first-order valence-electron chi connectivity index (χ1n) is 10.9. The molecule has 1 aromatic rings. The molecular formula is C25H24ClF2N3S. The van der Waals surface area contributed by atoms with E-state index in [0.29, 0.717) is 16.6 Å². The summed E-state index contributed by atoms with van der Waals surface area (Å²) in [5.41, 5.74) is 4.31. The molecule has 1 fully saturated rings. The Morgan fingerprint density at radius 1 is 1.31 bits per heavy atom. The minimum Gasteiger partial charge on any atom is -0.332 e. The van der Waals surface area contributed by atoms with E-state index in [2.05, 4.69) is 23.3 Å². The largest absolute Gasteiger partial charge is 0.332 e. The average molecular weight is 472 g/mol. The SMILES string of the molecule is CC(F)/C=C1/C=CC(C2=C3C[C@H](C)CN3C(C3CC=CS3)=N[C@H]2c2ccc(F)cc2Cl)=N1. The molecule has 0 amide bonds. The standard InChI is InChI=1S/C25H24ClF2N3S/c1-14-10-21-23(20-8-6-17(29-20)11-15(2)27)24(18-7-5-16(28)12-19(18)26)30-25(31(21)13-14)22-4-3-9-32-22/h3,5-9,11-12,14-15,22,24H,4,10,13H2,1-2H3/b17-11-/t14-,15?,22?,24-/m0/s1. The van der Waals surface area contributed by atoms with Crippen molar-refractivity contribution in [2.45, 2.75) is 44.2 Å². The van der Waals surface area contributed by atoms with Crippen LogP contribution in [0.15, 0.2) is 74.9 Å². The van der Waals surface area contributed by atoms with E-state index >= 15 is 0 Å². The summed E-state index contributed by atoms with van der Waals surface area (Å²) in [6.45, 7) is 4.63. The molecule has 0 saturated carbocycles. The van der Waals surface area contributed by atoms with Crippen LogP contribution in [0.4, 0.5) is 8.78 Å². The lowest BCUT2D eigenvalue weighted by Gasteiger charge is -2.35. The first kappa shape index (κ1) is 21.7. The first-order chi connectivity index (χ1) is 15.4. The molecule has 4 atom stereocenters. The Morgan fingerprint density at radius 3 is 2.88 bits per heavy atom. The second-order valence-electron chi connectivity index (χ2n) is 8.67. The first-order valence-corrected chi connectivity index (χ1v) is 12.2. The number of benzene rings is 1.